The standard InChI is InChI=1S/C28H36N2O4S4/c1-27(2,29-23(31)15-21-19(25(29)33)9-13-37-21)11-7-17(35)5-6-18(36)8-12-28(3,4)30-24(32)16-22-20(26(30)34)10-14-38-22/h15-16,19-20H,5-14H2,1-4H3. The van der Waals surface area contributed by atoms with Crippen molar-refractivity contribution in [2.24, 2.45) is 11.8 Å². The van der Waals surface area contributed by atoms with Crippen LogP contribution in [0.4, 0.5) is 0 Å². The summed E-state index contributed by atoms with van der Waals surface area (Å²) in [5, 5.41) is 0. The number of imide groups is 2. The SMILES string of the molecule is CC(C)(CCC(=S)CCC(=S)CCC(C)(C)N1C(=O)C=C2SCCC2C1=O)N1C(=O)C=C2SCCC2C1=O. The Kier molecular flexibility index (Phi) is 9.06. The molecule has 10 heteroatoms. The van der Waals surface area contributed by atoms with Gasteiger partial charge in [0, 0.05) is 33.0 Å². The number of thioether (sulfide) groups is 2. The Bertz CT molecular complexity index is 1050. The summed E-state index contributed by atoms with van der Waals surface area (Å²) in [5.41, 5.74) is -1.23. The van der Waals surface area contributed by atoms with Gasteiger partial charge < -0.3 is 0 Å². The third-order valence-electron chi connectivity index (χ3n) is 7.97. The normalized spacial score (nSPS) is 23.9. The van der Waals surface area contributed by atoms with Crippen molar-refractivity contribution in [1.82, 2.24) is 9.80 Å². The molecule has 4 amide bonds. The number of hydrogen-bond donors (Lipinski definition) is 0. The first-order chi connectivity index (χ1) is 17.8. The Hall–Kier alpha value is -1.36. The average Bonchev–Trinajstić information content (AvgIpc) is 3.49. The Labute approximate surface area is 244 Å². The van der Waals surface area contributed by atoms with Crippen molar-refractivity contribution in [3.8, 4) is 0 Å². The molecule has 0 aromatic carbocycles. The molecule has 0 bridgehead atoms. The van der Waals surface area contributed by atoms with Crippen molar-refractivity contribution in [1.29, 1.82) is 0 Å². The summed E-state index contributed by atoms with van der Waals surface area (Å²) in [6, 6.07) is 0. The number of rotatable bonds is 11. The molecule has 206 valence electrons. The van der Waals surface area contributed by atoms with E-state index in [4.69, 9.17) is 24.4 Å². The van der Waals surface area contributed by atoms with Crippen molar-refractivity contribution in [3.63, 3.8) is 0 Å². The van der Waals surface area contributed by atoms with E-state index in [9.17, 15) is 19.2 Å². The Balaban J connectivity index is 1.23. The van der Waals surface area contributed by atoms with E-state index < -0.39 is 11.1 Å². The summed E-state index contributed by atoms with van der Waals surface area (Å²) in [4.78, 5) is 58.0. The largest absolute Gasteiger partial charge is 0.274 e. The van der Waals surface area contributed by atoms with Crippen LogP contribution < -0.4 is 0 Å². The molecule has 0 aromatic heterocycles. The van der Waals surface area contributed by atoms with Crippen molar-refractivity contribution in [3.05, 3.63) is 22.0 Å². The van der Waals surface area contributed by atoms with Crippen LogP contribution >= 0.6 is 48.0 Å². The lowest BCUT2D eigenvalue weighted by molar-refractivity contribution is -0.153. The van der Waals surface area contributed by atoms with Crippen LogP contribution in [0.3, 0.4) is 0 Å². The molecule has 2 unspecified atom stereocenters. The molecule has 4 rings (SSSR count). The van der Waals surface area contributed by atoms with Gasteiger partial charge in [0.25, 0.3) is 11.8 Å². The zero-order valence-electron chi connectivity index (χ0n) is 22.5. The van der Waals surface area contributed by atoms with Crippen molar-refractivity contribution in [2.75, 3.05) is 11.5 Å². The van der Waals surface area contributed by atoms with Crippen molar-refractivity contribution in [2.45, 2.75) is 90.1 Å². The van der Waals surface area contributed by atoms with Gasteiger partial charge in [-0.25, -0.2) is 0 Å². The van der Waals surface area contributed by atoms with Crippen molar-refractivity contribution < 1.29 is 19.2 Å². The molecule has 0 aliphatic carbocycles. The number of hydrogen-bond acceptors (Lipinski definition) is 8. The minimum atomic E-state index is -0.613. The molecule has 0 radical (unpaired) electrons. The Morgan fingerprint density at radius 3 is 1.47 bits per heavy atom. The van der Waals surface area contributed by atoms with Gasteiger partial charge in [0.2, 0.25) is 11.8 Å². The van der Waals surface area contributed by atoms with Crippen LogP contribution in [0.25, 0.3) is 0 Å². The third kappa shape index (κ3) is 6.18. The van der Waals surface area contributed by atoms with Gasteiger partial charge in [-0.2, -0.15) is 0 Å². The molecular formula is C28H36N2O4S4. The fourth-order valence-electron chi connectivity index (χ4n) is 5.59. The van der Waals surface area contributed by atoms with Gasteiger partial charge in [-0.05, 0) is 100 Å². The quantitative estimate of drug-likeness (QED) is 0.226. The average molecular weight is 593 g/mol. The highest BCUT2D eigenvalue weighted by Gasteiger charge is 2.46. The van der Waals surface area contributed by atoms with E-state index in [1.54, 1.807) is 35.7 Å². The van der Waals surface area contributed by atoms with Gasteiger partial charge in [-0.15, -0.1) is 23.5 Å². The molecular weight excluding hydrogens is 557 g/mol. The summed E-state index contributed by atoms with van der Waals surface area (Å²) in [6.07, 6.45) is 8.68. The zero-order chi connectivity index (χ0) is 27.8. The highest BCUT2D eigenvalue weighted by molar-refractivity contribution is 8.03. The Morgan fingerprint density at radius 2 is 1.11 bits per heavy atom. The monoisotopic (exact) mass is 592 g/mol. The molecule has 6 nitrogen and oxygen atoms in total. The maximum Gasteiger partial charge on any atom is 0.254 e. The van der Waals surface area contributed by atoms with E-state index in [1.165, 1.54) is 9.80 Å². The molecule has 4 aliphatic heterocycles. The van der Waals surface area contributed by atoms with Gasteiger partial charge in [-0.1, -0.05) is 24.4 Å². The first-order valence-corrected chi connectivity index (χ1v) is 16.1. The summed E-state index contributed by atoms with van der Waals surface area (Å²) in [7, 11) is 0. The first kappa shape index (κ1) is 29.6. The molecule has 0 spiro atoms. The second-order valence-electron chi connectivity index (χ2n) is 11.7. The maximum absolute atomic E-state index is 13.0. The summed E-state index contributed by atoms with van der Waals surface area (Å²) >= 11 is 14.5. The molecule has 2 fully saturated rings. The molecule has 4 heterocycles. The van der Waals surface area contributed by atoms with Crippen LogP contribution in [0.1, 0.15) is 79.1 Å². The van der Waals surface area contributed by atoms with Gasteiger partial charge in [0.05, 0.1) is 11.8 Å². The van der Waals surface area contributed by atoms with E-state index >= 15 is 0 Å². The van der Waals surface area contributed by atoms with Crippen LogP contribution in [-0.4, -0.2) is 65.7 Å². The second kappa shape index (κ2) is 11.6. The van der Waals surface area contributed by atoms with Gasteiger partial charge in [0.1, 0.15) is 0 Å². The summed E-state index contributed by atoms with van der Waals surface area (Å²) in [5.74, 6) is 0.814. The predicted molar refractivity (Wildman–Crippen MR) is 162 cm³/mol. The van der Waals surface area contributed by atoms with Crippen LogP contribution in [0.2, 0.25) is 0 Å². The van der Waals surface area contributed by atoms with Crippen LogP contribution in [0, 0.1) is 11.8 Å². The summed E-state index contributed by atoms with van der Waals surface area (Å²) in [6.45, 7) is 7.74. The fraction of sp³-hybridized carbons (Fsp3) is 0.643. The molecule has 2 atom stereocenters. The highest BCUT2D eigenvalue weighted by Crippen LogP contribution is 2.43. The highest BCUT2D eigenvalue weighted by atomic mass is 32.2. The molecule has 0 N–H and O–H groups in total. The molecule has 0 aromatic rings. The lowest BCUT2D eigenvalue weighted by Crippen LogP contribution is -2.54. The van der Waals surface area contributed by atoms with E-state index in [0.717, 1.165) is 43.9 Å². The number of thiocarbonyl (C=S) groups is 2. The zero-order valence-corrected chi connectivity index (χ0v) is 25.8. The van der Waals surface area contributed by atoms with Crippen molar-refractivity contribution >= 4 is 81.3 Å². The van der Waals surface area contributed by atoms with Gasteiger partial charge in [0.15, 0.2) is 0 Å². The van der Waals surface area contributed by atoms with Crippen LogP contribution in [0.15, 0.2) is 22.0 Å². The number of fused-ring (bicyclic) bond motifs is 2. The molecule has 2 saturated heterocycles. The lowest BCUT2D eigenvalue weighted by Gasteiger charge is -2.40. The maximum atomic E-state index is 13.0. The van der Waals surface area contributed by atoms with Gasteiger partial charge in [-0.3, -0.25) is 29.0 Å². The Morgan fingerprint density at radius 1 is 0.737 bits per heavy atom. The summed E-state index contributed by atoms with van der Waals surface area (Å²) < 4.78 is 0. The number of amides is 4. The number of carbonyl (C=O) groups excluding carboxylic acids is 4. The third-order valence-corrected chi connectivity index (χ3v) is 11.1. The minimum absolute atomic E-state index is 0.0821. The number of nitrogens with zero attached hydrogens (tertiary/aromatic N) is 2. The molecule has 38 heavy (non-hydrogen) atoms. The van der Waals surface area contributed by atoms with E-state index in [1.807, 2.05) is 27.7 Å². The smallest absolute Gasteiger partial charge is 0.254 e. The van der Waals surface area contributed by atoms with E-state index in [2.05, 4.69) is 0 Å². The molecule has 4 aliphatic rings. The lowest BCUT2D eigenvalue weighted by atomic mass is 9.89. The minimum Gasteiger partial charge on any atom is -0.274 e. The predicted octanol–water partition coefficient (Wildman–Crippen LogP) is 5.64. The van der Waals surface area contributed by atoms with E-state index in [0.29, 0.717) is 38.5 Å². The second-order valence-corrected chi connectivity index (χ2v) is 15.2. The first-order valence-electron chi connectivity index (χ1n) is 13.3. The van der Waals surface area contributed by atoms with E-state index in [-0.39, 0.29) is 35.5 Å². The topological polar surface area (TPSA) is 74.8 Å². The fourth-order valence-corrected chi connectivity index (χ4v) is 8.38. The van der Waals surface area contributed by atoms with Gasteiger partial charge >= 0.3 is 0 Å². The van der Waals surface area contributed by atoms with Crippen LogP contribution in [-0.2, 0) is 19.2 Å². The number of carbonyl (C=O) groups is 4. The van der Waals surface area contributed by atoms with Crippen LogP contribution in [0.5, 0.6) is 0 Å². The molecule has 0 saturated carbocycles.